The Morgan fingerprint density at radius 3 is 3.00 bits per heavy atom. The van der Waals surface area contributed by atoms with Crippen molar-refractivity contribution in [3.63, 3.8) is 0 Å². The predicted molar refractivity (Wildman–Crippen MR) is 76.8 cm³/mol. The van der Waals surface area contributed by atoms with Gasteiger partial charge in [-0.15, -0.1) is 0 Å². The van der Waals surface area contributed by atoms with Crippen LogP contribution in [-0.2, 0) is 6.54 Å². The van der Waals surface area contributed by atoms with Gasteiger partial charge in [0.15, 0.2) is 0 Å². The molecule has 1 atom stereocenters. The van der Waals surface area contributed by atoms with Crippen molar-refractivity contribution in [2.24, 2.45) is 11.8 Å². The highest BCUT2D eigenvalue weighted by molar-refractivity contribution is 5.42. The second kappa shape index (κ2) is 6.19. The van der Waals surface area contributed by atoms with Crippen LogP contribution in [0.25, 0.3) is 0 Å². The number of anilines is 1. The Morgan fingerprint density at radius 2 is 2.33 bits per heavy atom. The smallest absolute Gasteiger partial charge is 0.128 e. The van der Waals surface area contributed by atoms with Crippen molar-refractivity contribution >= 4 is 5.82 Å². The van der Waals surface area contributed by atoms with Gasteiger partial charge in [0.25, 0.3) is 0 Å². The molecule has 0 aromatic carbocycles. The molecule has 1 aromatic heterocycles. The minimum atomic E-state index is 0.778. The summed E-state index contributed by atoms with van der Waals surface area (Å²) >= 11 is 0. The van der Waals surface area contributed by atoms with Crippen LogP contribution >= 0.6 is 0 Å². The second-order valence-electron chi connectivity index (χ2n) is 5.54. The van der Waals surface area contributed by atoms with Gasteiger partial charge in [0.2, 0.25) is 0 Å². The van der Waals surface area contributed by atoms with Gasteiger partial charge in [-0.1, -0.05) is 20.8 Å². The summed E-state index contributed by atoms with van der Waals surface area (Å²) < 4.78 is 0. The van der Waals surface area contributed by atoms with E-state index in [4.69, 9.17) is 0 Å². The van der Waals surface area contributed by atoms with Gasteiger partial charge in [0.05, 0.1) is 0 Å². The van der Waals surface area contributed by atoms with Gasteiger partial charge in [0, 0.05) is 25.8 Å². The molecule has 0 saturated carbocycles. The van der Waals surface area contributed by atoms with E-state index < -0.39 is 0 Å². The van der Waals surface area contributed by atoms with Crippen LogP contribution in [0.15, 0.2) is 18.3 Å². The molecule has 1 unspecified atom stereocenters. The van der Waals surface area contributed by atoms with E-state index in [1.165, 1.54) is 12.0 Å². The van der Waals surface area contributed by atoms with E-state index in [0.717, 1.165) is 43.8 Å². The van der Waals surface area contributed by atoms with Crippen molar-refractivity contribution in [3.05, 3.63) is 23.9 Å². The molecule has 2 heterocycles. The number of pyridine rings is 1. The van der Waals surface area contributed by atoms with E-state index in [1.807, 2.05) is 6.20 Å². The van der Waals surface area contributed by atoms with Gasteiger partial charge >= 0.3 is 0 Å². The van der Waals surface area contributed by atoms with Crippen LogP contribution in [0.5, 0.6) is 0 Å². The van der Waals surface area contributed by atoms with Crippen molar-refractivity contribution in [1.82, 2.24) is 10.3 Å². The van der Waals surface area contributed by atoms with Gasteiger partial charge in [-0.3, -0.25) is 0 Å². The van der Waals surface area contributed by atoms with Crippen LogP contribution in [0, 0.1) is 11.8 Å². The number of hydrogen-bond acceptors (Lipinski definition) is 3. The molecule has 3 heteroatoms. The van der Waals surface area contributed by atoms with E-state index in [-0.39, 0.29) is 0 Å². The van der Waals surface area contributed by atoms with Crippen molar-refractivity contribution < 1.29 is 0 Å². The molecule has 1 N–H and O–H groups in total. The summed E-state index contributed by atoms with van der Waals surface area (Å²) in [6.45, 7) is 11.0. The Morgan fingerprint density at radius 1 is 1.50 bits per heavy atom. The van der Waals surface area contributed by atoms with Crippen molar-refractivity contribution in [3.8, 4) is 0 Å². The van der Waals surface area contributed by atoms with E-state index in [0.29, 0.717) is 0 Å². The molecule has 1 fully saturated rings. The maximum atomic E-state index is 4.52. The summed E-state index contributed by atoms with van der Waals surface area (Å²) in [6, 6.07) is 4.33. The summed E-state index contributed by atoms with van der Waals surface area (Å²) in [6.07, 6.45) is 3.24. The van der Waals surface area contributed by atoms with E-state index in [9.17, 15) is 0 Å². The molecule has 18 heavy (non-hydrogen) atoms. The number of aromatic nitrogens is 1. The molecule has 1 aromatic rings. The van der Waals surface area contributed by atoms with Gasteiger partial charge in [0.1, 0.15) is 5.82 Å². The number of rotatable bonds is 5. The normalized spacial score (nSPS) is 19.8. The monoisotopic (exact) mass is 247 g/mol. The minimum absolute atomic E-state index is 0.778. The van der Waals surface area contributed by atoms with Crippen LogP contribution < -0.4 is 10.2 Å². The molecule has 1 saturated heterocycles. The summed E-state index contributed by atoms with van der Waals surface area (Å²) in [7, 11) is 0. The molecule has 1 aliphatic heterocycles. The van der Waals surface area contributed by atoms with Crippen LogP contribution in [-0.4, -0.2) is 24.6 Å². The lowest BCUT2D eigenvalue weighted by Crippen LogP contribution is -2.22. The molecule has 0 bridgehead atoms. The topological polar surface area (TPSA) is 28.2 Å². The number of nitrogens with one attached hydrogen (secondary N) is 1. The lowest BCUT2D eigenvalue weighted by atomic mass is 9.95. The van der Waals surface area contributed by atoms with Crippen LogP contribution in [0.4, 0.5) is 5.82 Å². The first kappa shape index (κ1) is 13.3. The average molecular weight is 247 g/mol. The Labute approximate surface area is 111 Å². The fraction of sp³-hybridized carbons (Fsp3) is 0.667. The molecule has 100 valence electrons. The van der Waals surface area contributed by atoms with E-state index in [2.05, 4.69) is 48.1 Å². The lowest BCUT2D eigenvalue weighted by molar-refractivity contribution is 0.422. The van der Waals surface area contributed by atoms with Crippen molar-refractivity contribution in [2.45, 2.75) is 33.7 Å². The highest BCUT2D eigenvalue weighted by Crippen LogP contribution is 2.27. The maximum absolute atomic E-state index is 4.52. The average Bonchev–Trinajstić information content (AvgIpc) is 2.86. The third-order valence-electron chi connectivity index (χ3n) is 3.88. The van der Waals surface area contributed by atoms with Crippen LogP contribution in [0.3, 0.4) is 0 Å². The largest absolute Gasteiger partial charge is 0.356 e. The number of hydrogen-bond donors (Lipinski definition) is 1. The Bertz CT molecular complexity index is 376. The van der Waals surface area contributed by atoms with Gasteiger partial charge in [-0.25, -0.2) is 4.98 Å². The molecular formula is C15H25N3. The summed E-state index contributed by atoms with van der Waals surface area (Å²) in [5, 5.41) is 3.36. The summed E-state index contributed by atoms with van der Waals surface area (Å²) in [5.74, 6) is 2.75. The van der Waals surface area contributed by atoms with Gasteiger partial charge in [-0.05, 0) is 42.5 Å². The third kappa shape index (κ3) is 3.22. The molecule has 0 aliphatic carbocycles. The third-order valence-corrected chi connectivity index (χ3v) is 3.88. The van der Waals surface area contributed by atoms with Gasteiger partial charge in [-0.2, -0.15) is 0 Å². The second-order valence-corrected chi connectivity index (χ2v) is 5.54. The zero-order valence-corrected chi connectivity index (χ0v) is 11.8. The van der Waals surface area contributed by atoms with Crippen LogP contribution in [0.1, 0.15) is 32.8 Å². The molecule has 3 nitrogen and oxygen atoms in total. The molecule has 0 amide bonds. The SMILES string of the molecule is CCNCc1ccnc(N2CCC(C(C)C)C2)c1. The van der Waals surface area contributed by atoms with E-state index >= 15 is 0 Å². The highest BCUT2D eigenvalue weighted by atomic mass is 15.2. The van der Waals surface area contributed by atoms with Crippen molar-refractivity contribution in [2.75, 3.05) is 24.5 Å². The zero-order chi connectivity index (χ0) is 13.0. The number of nitrogens with zero attached hydrogens (tertiary/aromatic N) is 2. The summed E-state index contributed by atoms with van der Waals surface area (Å²) in [5.41, 5.74) is 1.33. The quantitative estimate of drug-likeness (QED) is 0.867. The molecule has 0 radical (unpaired) electrons. The van der Waals surface area contributed by atoms with Crippen molar-refractivity contribution in [1.29, 1.82) is 0 Å². The fourth-order valence-electron chi connectivity index (χ4n) is 2.55. The molecular weight excluding hydrogens is 222 g/mol. The minimum Gasteiger partial charge on any atom is -0.356 e. The maximum Gasteiger partial charge on any atom is 0.128 e. The first-order valence-electron chi connectivity index (χ1n) is 7.11. The first-order valence-corrected chi connectivity index (χ1v) is 7.11. The zero-order valence-electron chi connectivity index (χ0n) is 11.8. The van der Waals surface area contributed by atoms with E-state index in [1.54, 1.807) is 0 Å². The predicted octanol–water partition coefficient (Wildman–Crippen LogP) is 2.67. The standard InChI is InChI=1S/C15H25N3/c1-4-16-10-13-5-7-17-15(9-13)18-8-6-14(11-18)12(2)3/h5,7,9,12,14,16H,4,6,8,10-11H2,1-3H3. The Hall–Kier alpha value is -1.09. The lowest BCUT2D eigenvalue weighted by Gasteiger charge is -2.19. The molecule has 1 aliphatic rings. The first-order chi connectivity index (χ1) is 8.70. The molecule has 2 rings (SSSR count). The molecule has 0 spiro atoms. The highest BCUT2D eigenvalue weighted by Gasteiger charge is 2.25. The fourth-order valence-corrected chi connectivity index (χ4v) is 2.55. The Kier molecular flexibility index (Phi) is 4.59. The summed E-state index contributed by atoms with van der Waals surface area (Å²) in [4.78, 5) is 6.95. The van der Waals surface area contributed by atoms with Crippen LogP contribution in [0.2, 0.25) is 0 Å². The van der Waals surface area contributed by atoms with Gasteiger partial charge < -0.3 is 10.2 Å². The Balaban J connectivity index is 2.01.